The average molecular weight is 319 g/mol. The van der Waals surface area contributed by atoms with E-state index in [-0.39, 0.29) is 11.7 Å². The number of hydrogen-bond donors (Lipinski definition) is 1. The van der Waals surface area contributed by atoms with Crippen molar-refractivity contribution in [1.82, 2.24) is 4.90 Å². The lowest BCUT2D eigenvalue weighted by Gasteiger charge is -2.45. The van der Waals surface area contributed by atoms with Crippen LogP contribution >= 0.6 is 0 Å². The maximum Gasteiger partial charge on any atom is 0.410 e. The SMILES string of the molecule is CC(C)(C)OC(=O)N1CCC2(CC1)C[C@@H](O)c1ccccc1O2. The van der Waals surface area contributed by atoms with Gasteiger partial charge in [0.15, 0.2) is 0 Å². The number of aliphatic hydroxyl groups is 1. The number of carbonyl (C=O) groups excluding carboxylic acids is 1. The molecule has 5 nitrogen and oxygen atoms in total. The van der Waals surface area contributed by atoms with Crippen LogP contribution in [0.4, 0.5) is 4.79 Å². The number of benzene rings is 1. The first-order valence-corrected chi connectivity index (χ1v) is 8.22. The molecule has 0 saturated carbocycles. The van der Waals surface area contributed by atoms with Gasteiger partial charge in [0.1, 0.15) is 17.0 Å². The molecule has 2 aliphatic rings. The van der Waals surface area contributed by atoms with Crippen LogP contribution in [0.25, 0.3) is 0 Å². The molecule has 0 radical (unpaired) electrons. The lowest BCUT2D eigenvalue weighted by Crippen LogP contribution is -2.52. The Bertz CT molecular complexity index is 585. The van der Waals surface area contributed by atoms with E-state index >= 15 is 0 Å². The van der Waals surface area contributed by atoms with E-state index in [0.717, 1.165) is 11.3 Å². The number of carbonyl (C=O) groups is 1. The van der Waals surface area contributed by atoms with E-state index in [1.165, 1.54) is 0 Å². The Balaban J connectivity index is 1.66. The van der Waals surface area contributed by atoms with E-state index in [9.17, 15) is 9.90 Å². The van der Waals surface area contributed by atoms with Crippen LogP contribution in [0, 0.1) is 0 Å². The molecule has 0 aliphatic carbocycles. The predicted octanol–water partition coefficient (Wildman–Crippen LogP) is 3.27. The highest BCUT2D eigenvalue weighted by atomic mass is 16.6. The molecule has 1 aromatic carbocycles. The predicted molar refractivity (Wildman–Crippen MR) is 86.4 cm³/mol. The molecule has 1 fully saturated rings. The fourth-order valence-corrected chi connectivity index (χ4v) is 3.32. The van der Waals surface area contributed by atoms with E-state index in [0.29, 0.717) is 32.4 Å². The van der Waals surface area contributed by atoms with Gasteiger partial charge in [-0.15, -0.1) is 0 Å². The first-order chi connectivity index (χ1) is 10.8. The number of para-hydroxylation sites is 1. The molecule has 2 heterocycles. The topological polar surface area (TPSA) is 59.0 Å². The molecule has 126 valence electrons. The molecule has 0 bridgehead atoms. The van der Waals surface area contributed by atoms with Crippen molar-refractivity contribution < 1.29 is 19.4 Å². The fraction of sp³-hybridized carbons (Fsp3) is 0.611. The summed E-state index contributed by atoms with van der Waals surface area (Å²) < 4.78 is 11.6. The minimum absolute atomic E-state index is 0.274. The summed E-state index contributed by atoms with van der Waals surface area (Å²) in [6.07, 6.45) is 1.21. The third kappa shape index (κ3) is 3.44. The number of rotatable bonds is 0. The Morgan fingerprint density at radius 3 is 2.61 bits per heavy atom. The summed E-state index contributed by atoms with van der Waals surface area (Å²) in [6, 6.07) is 7.64. The summed E-state index contributed by atoms with van der Waals surface area (Å²) in [6.45, 7) is 6.78. The largest absolute Gasteiger partial charge is 0.487 e. The second-order valence-electron chi connectivity index (χ2n) is 7.51. The summed E-state index contributed by atoms with van der Waals surface area (Å²) in [7, 11) is 0. The van der Waals surface area contributed by atoms with Gasteiger partial charge < -0.3 is 19.5 Å². The molecule has 5 heteroatoms. The lowest BCUT2D eigenvalue weighted by atomic mass is 9.82. The van der Waals surface area contributed by atoms with Crippen molar-refractivity contribution >= 4 is 6.09 Å². The van der Waals surface area contributed by atoms with Gasteiger partial charge in [0.2, 0.25) is 0 Å². The van der Waals surface area contributed by atoms with Crippen LogP contribution in [0.15, 0.2) is 24.3 Å². The third-order valence-corrected chi connectivity index (χ3v) is 4.50. The number of ether oxygens (including phenoxy) is 2. The van der Waals surface area contributed by atoms with Crippen LogP contribution in [-0.4, -0.2) is 40.4 Å². The highest BCUT2D eigenvalue weighted by molar-refractivity contribution is 5.68. The zero-order chi connectivity index (χ0) is 16.7. The van der Waals surface area contributed by atoms with Crippen LogP contribution in [0.5, 0.6) is 5.75 Å². The zero-order valence-corrected chi connectivity index (χ0v) is 14.0. The van der Waals surface area contributed by atoms with Crippen molar-refractivity contribution in [2.24, 2.45) is 0 Å². The van der Waals surface area contributed by atoms with E-state index < -0.39 is 11.7 Å². The van der Waals surface area contributed by atoms with E-state index in [1.807, 2.05) is 45.0 Å². The van der Waals surface area contributed by atoms with E-state index in [1.54, 1.807) is 4.90 Å². The van der Waals surface area contributed by atoms with Crippen molar-refractivity contribution in [3.05, 3.63) is 29.8 Å². The molecule has 1 saturated heterocycles. The normalized spacial score (nSPS) is 23.1. The number of likely N-dealkylation sites (tertiary alicyclic amines) is 1. The van der Waals surface area contributed by atoms with Gasteiger partial charge in [0.25, 0.3) is 0 Å². The summed E-state index contributed by atoms with van der Waals surface area (Å²) in [5.74, 6) is 0.761. The zero-order valence-electron chi connectivity index (χ0n) is 14.0. The van der Waals surface area contributed by atoms with Crippen LogP contribution < -0.4 is 4.74 Å². The van der Waals surface area contributed by atoms with Gasteiger partial charge in [-0.3, -0.25) is 0 Å². The van der Waals surface area contributed by atoms with Crippen molar-refractivity contribution in [3.63, 3.8) is 0 Å². The summed E-state index contributed by atoms with van der Waals surface area (Å²) >= 11 is 0. The Morgan fingerprint density at radius 1 is 1.30 bits per heavy atom. The highest BCUT2D eigenvalue weighted by Crippen LogP contribution is 2.44. The number of fused-ring (bicyclic) bond motifs is 1. The Hall–Kier alpha value is -1.75. The van der Waals surface area contributed by atoms with Gasteiger partial charge >= 0.3 is 6.09 Å². The van der Waals surface area contributed by atoms with Crippen molar-refractivity contribution in [2.75, 3.05) is 13.1 Å². The second kappa shape index (κ2) is 5.71. The molecule has 0 unspecified atom stereocenters. The standard InChI is InChI=1S/C18H25NO4/c1-17(2,3)23-16(21)19-10-8-18(9-11-19)12-14(20)13-6-4-5-7-15(13)22-18/h4-7,14,20H,8-12H2,1-3H3/t14-/m1/s1. The number of piperidine rings is 1. The smallest absolute Gasteiger partial charge is 0.410 e. The number of hydrogen-bond acceptors (Lipinski definition) is 4. The first kappa shape index (κ1) is 16.1. The molecule has 1 aromatic rings. The Labute approximate surface area is 137 Å². The van der Waals surface area contributed by atoms with E-state index in [4.69, 9.17) is 9.47 Å². The number of aliphatic hydroxyl groups excluding tert-OH is 1. The average Bonchev–Trinajstić information content (AvgIpc) is 2.46. The second-order valence-corrected chi connectivity index (χ2v) is 7.51. The van der Waals surface area contributed by atoms with Gasteiger partial charge in [-0.05, 0) is 26.8 Å². The molecular weight excluding hydrogens is 294 g/mol. The monoisotopic (exact) mass is 319 g/mol. The molecule has 2 aliphatic heterocycles. The van der Waals surface area contributed by atoms with Crippen LogP contribution in [0.2, 0.25) is 0 Å². The minimum Gasteiger partial charge on any atom is -0.487 e. The van der Waals surface area contributed by atoms with Crippen molar-refractivity contribution in [1.29, 1.82) is 0 Å². The molecule has 1 N–H and O–H groups in total. The first-order valence-electron chi connectivity index (χ1n) is 8.22. The molecular formula is C18H25NO4. The Morgan fingerprint density at radius 2 is 1.96 bits per heavy atom. The van der Waals surface area contributed by atoms with Crippen LogP contribution in [0.1, 0.15) is 51.7 Å². The fourth-order valence-electron chi connectivity index (χ4n) is 3.32. The summed E-state index contributed by atoms with van der Waals surface area (Å²) in [4.78, 5) is 13.9. The third-order valence-electron chi connectivity index (χ3n) is 4.50. The van der Waals surface area contributed by atoms with Crippen molar-refractivity contribution in [3.8, 4) is 5.75 Å². The maximum absolute atomic E-state index is 12.2. The molecule has 1 amide bonds. The quantitative estimate of drug-likeness (QED) is 0.797. The van der Waals surface area contributed by atoms with Crippen LogP contribution in [0.3, 0.4) is 0 Å². The maximum atomic E-state index is 12.2. The van der Waals surface area contributed by atoms with Gasteiger partial charge in [-0.25, -0.2) is 4.79 Å². The van der Waals surface area contributed by atoms with Gasteiger partial charge in [0.05, 0.1) is 6.10 Å². The number of nitrogens with zero attached hydrogens (tertiary/aromatic N) is 1. The van der Waals surface area contributed by atoms with Crippen molar-refractivity contribution in [2.45, 2.75) is 57.3 Å². The lowest BCUT2D eigenvalue weighted by molar-refractivity contribution is -0.0569. The minimum atomic E-state index is -0.506. The van der Waals surface area contributed by atoms with Crippen LogP contribution in [-0.2, 0) is 4.74 Å². The molecule has 1 spiro atoms. The molecule has 3 rings (SSSR count). The van der Waals surface area contributed by atoms with Gasteiger partial charge in [0, 0.05) is 37.9 Å². The van der Waals surface area contributed by atoms with Gasteiger partial charge in [-0.1, -0.05) is 18.2 Å². The molecule has 1 atom stereocenters. The van der Waals surface area contributed by atoms with Gasteiger partial charge in [-0.2, -0.15) is 0 Å². The molecule has 23 heavy (non-hydrogen) atoms. The summed E-state index contributed by atoms with van der Waals surface area (Å²) in [5, 5.41) is 10.4. The highest BCUT2D eigenvalue weighted by Gasteiger charge is 2.44. The Kier molecular flexibility index (Phi) is 4.00. The summed E-state index contributed by atoms with van der Waals surface area (Å²) in [5.41, 5.74) is -0.0117. The number of amides is 1. The van der Waals surface area contributed by atoms with E-state index in [2.05, 4.69) is 0 Å². The molecule has 0 aromatic heterocycles.